The first-order valence-electron chi connectivity index (χ1n) is 6.91. The fourth-order valence-corrected chi connectivity index (χ4v) is 2.34. The molecule has 0 spiro atoms. The molecular formula is C16H26N2O. The zero-order valence-corrected chi connectivity index (χ0v) is 12.5. The van der Waals surface area contributed by atoms with Crippen LogP contribution < -0.4 is 11.1 Å². The van der Waals surface area contributed by atoms with Crippen LogP contribution in [-0.2, 0) is 10.2 Å². The van der Waals surface area contributed by atoms with Crippen molar-refractivity contribution >= 4 is 5.91 Å². The first-order chi connectivity index (χ1) is 8.86. The van der Waals surface area contributed by atoms with Crippen molar-refractivity contribution in [1.82, 2.24) is 5.32 Å². The van der Waals surface area contributed by atoms with Gasteiger partial charge in [0.25, 0.3) is 0 Å². The van der Waals surface area contributed by atoms with Crippen LogP contribution in [0.15, 0.2) is 18.2 Å². The van der Waals surface area contributed by atoms with Crippen LogP contribution in [0, 0.1) is 13.8 Å². The summed E-state index contributed by atoms with van der Waals surface area (Å²) in [6.07, 6.45) is 1.26. The van der Waals surface area contributed by atoms with Gasteiger partial charge < -0.3 is 11.1 Å². The highest BCUT2D eigenvalue weighted by molar-refractivity contribution is 5.76. The zero-order chi connectivity index (χ0) is 14.5. The molecule has 3 N–H and O–H groups in total. The summed E-state index contributed by atoms with van der Waals surface area (Å²) in [5.74, 6) is 0.0864. The van der Waals surface area contributed by atoms with Crippen molar-refractivity contribution in [2.75, 3.05) is 13.1 Å². The number of carbonyl (C=O) groups is 1. The summed E-state index contributed by atoms with van der Waals surface area (Å²) in [7, 11) is 0. The van der Waals surface area contributed by atoms with Crippen molar-refractivity contribution in [2.45, 2.75) is 46.0 Å². The second-order valence-electron chi connectivity index (χ2n) is 5.87. The number of aryl methyl sites for hydroxylation is 2. The number of nitrogens with two attached hydrogens (primary N) is 1. The SMILES string of the molecule is Cc1ccc(C(C)(C)CNC(=O)CCCN)c(C)c1. The predicted molar refractivity (Wildman–Crippen MR) is 80.2 cm³/mol. The Hall–Kier alpha value is -1.35. The maximum absolute atomic E-state index is 11.7. The van der Waals surface area contributed by atoms with Crippen LogP contribution in [0.5, 0.6) is 0 Å². The molecule has 0 aliphatic carbocycles. The molecule has 0 unspecified atom stereocenters. The quantitative estimate of drug-likeness (QED) is 0.827. The minimum Gasteiger partial charge on any atom is -0.355 e. The van der Waals surface area contributed by atoms with E-state index in [0.29, 0.717) is 19.5 Å². The minimum atomic E-state index is -0.0594. The van der Waals surface area contributed by atoms with Gasteiger partial charge in [-0.15, -0.1) is 0 Å². The third-order valence-electron chi connectivity index (χ3n) is 3.45. The summed E-state index contributed by atoms with van der Waals surface area (Å²) < 4.78 is 0. The topological polar surface area (TPSA) is 55.1 Å². The number of hydrogen-bond donors (Lipinski definition) is 2. The first-order valence-corrected chi connectivity index (χ1v) is 6.91. The molecule has 0 aliphatic rings. The average molecular weight is 262 g/mol. The van der Waals surface area contributed by atoms with Crippen LogP contribution in [-0.4, -0.2) is 19.0 Å². The maximum Gasteiger partial charge on any atom is 0.220 e. The smallest absolute Gasteiger partial charge is 0.220 e. The Kier molecular flexibility index (Phi) is 5.55. The van der Waals surface area contributed by atoms with Gasteiger partial charge in [-0.1, -0.05) is 37.6 Å². The maximum atomic E-state index is 11.7. The number of carbonyl (C=O) groups excluding carboxylic acids is 1. The second-order valence-corrected chi connectivity index (χ2v) is 5.87. The molecule has 0 bridgehead atoms. The van der Waals surface area contributed by atoms with Crippen molar-refractivity contribution < 1.29 is 4.79 Å². The van der Waals surface area contributed by atoms with E-state index < -0.39 is 0 Å². The van der Waals surface area contributed by atoms with Crippen molar-refractivity contribution in [3.05, 3.63) is 34.9 Å². The largest absolute Gasteiger partial charge is 0.355 e. The number of benzene rings is 1. The van der Waals surface area contributed by atoms with Gasteiger partial charge in [0.1, 0.15) is 0 Å². The van der Waals surface area contributed by atoms with Gasteiger partial charge >= 0.3 is 0 Å². The monoisotopic (exact) mass is 262 g/mol. The van der Waals surface area contributed by atoms with E-state index in [-0.39, 0.29) is 11.3 Å². The van der Waals surface area contributed by atoms with Crippen LogP contribution >= 0.6 is 0 Å². The molecule has 0 saturated carbocycles. The van der Waals surface area contributed by atoms with Crippen LogP contribution in [0.2, 0.25) is 0 Å². The minimum absolute atomic E-state index is 0.0594. The van der Waals surface area contributed by atoms with E-state index in [9.17, 15) is 4.79 Å². The highest BCUT2D eigenvalue weighted by Crippen LogP contribution is 2.26. The van der Waals surface area contributed by atoms with Crippen molar-refractivity contribution in [1.29, 1.82) is 0 Å². The van der Waals surface area contributed by atoms with E-state index in [2.05, 4.69) is 51.2 Å². The molecule has 0 saturated heterocycles. The lowest BCUT2D eigenvalue weighted by atomic mass is 9.81. The molecule has 1 aromatic rings. The van der Waals surface area contributed by atoms with E-state index in [4.69, 9.17) is 5.73 Å². The number of amides is 1. The number of nitrogens with one attached hydrogen (secondary N) is 1. The molecule has 1 rings (SSSR count). The van der Waals surface area contributed by atoms with Gasteiger partial charge in [0.15, 0.2) is 0 Å². The molecule has 0 radical (unpaired) electrons. The summed E-state index contributed by atoms with van der Waals surface area (Å²) in [6, 6.07) is 6.48. The molecule has 106 valence electrons. The second kappa shape index (κ2) is 6.71. The van der Waals surface area contributed by atoms with E-state index in [1.807, 2.05) is 0 Å². The van der Waals surface area contributed by atoms with Gasteiger partial charge in [-0.3, -0.25) is 4.79 Å². The third-order valence-corrected chi connectivity index (χ3v) is 3.45. The van der Waals surface area contributed by atoms with Crippen LogP contribution in [0.1, 0.15) is 43.4 Å². The molecule has 0 fully saturated rings. The Balaban J connectivity index is 2.67. The van der Waals surface area contributed by atoms with E-state index >= 15 is 0 Å². The molecule has 0 heterocycles. The van der Waals surface area contributed by atoms with E-state index in [1.54, 1.807) is 0 Å². The summed E-state index contributed by atoms with van der Waals surface area (Å²) in [5, 5.41) is 3.00. The predicted octanol–water partition coefficient (Wildman–Crippen LogP) is 2.44. The molecule has 0 aromatic heterocycles. The Morgan fingerprint density at radius 1 is 1.32 bits per heavy atom. The molecular weight excluding hydrogens is 236 g/mol. The lowest BCUT2D eigenvalue weighted by molar-refractivity contribution is -0.121. The van der Waals surface area contributed by atoms with Crippen molar-refractivity contribution in [2.24, 2.45) is 5.73 Å². The lowest BCUT2D eigenvalue weighted by Crippen LogP contribution is -2.37. The number of hydrogen-bond acceptors (Lipinski definition) is 2. The fourth-order valence-electron chi connectivity index (χ4n) is 2.34. The summed E-state index contributed by atoms with van der Waals surface area (Å²) in [5.41, 5.74) is 9.18. The Morgan fingerprint density at radius 3 is 2.58 bits per heavy atom. The number of rotatable bonds is 6. The molecule has 3 heteroatoms. The van der Waals surface area contributed by atoms with Crippen LogP contribution in [0.3, 0.4) is 0 Å². The van der Waals surface area contributed by atoms with E-state index in [0.717, 1.165) is 6.42 Å². The summed E-state index contributed by atoms with van der Waals surface area (Å²) >= 11 is 0. The first kappa shape index (κ1) is 15.7. The van der Waals surface area contributed by atoms with Gasteiger partial charge in [0, 0.05) is 18.4 Å². The highest BCUT2D eigenvalue weighted by atomic mass is 16.1. The van der Waals surface area contributed by atoms with E-state index in [1.165, 1.54) is 16.7 Å². The molecule has 3 nitrogen and oxygen atoms in total. The highest BCUT2D eigenvalue weighted by Gasteiger charge is 2.23. The Labute approximate surface area is 116 Å². The lowest BCUT2D eigenvalue weighted by Gasteiger charge is -2.27. The molecule has 1 amide bonds. The fraction of sp³-hybridized carbons (Fsp3) is 0.562. The average Bonchev–Trinajstić information content (AvgIpc) is 2.33. The van der Waals surface area contributed by atoms with Crippen LogP contribution in [0.25, 0.3) is 0 Å². The molecule has 0 atom stereocenters. The Morgan fingerprint density at radius 2 is 2.00 bits per heavy atom. The van der Waals surface area contributed by atoms with Crippen molar-refractivity contribution in [3.8, 4) is 0 Å². The molecule has 19 heavy (non-hydrogen) atoms. The zero-order valence-electron chi connectivity index (χ0n) is 12.5. The van der Waals surface area contributed by atoms with Gasteiger partial charge in [-0.2, -0.15) is 0 Å². The molecule has 1 aromatic carbocycles. The van der Waals surface area contributed by atoms with Crippen molar-refractivity contribution in [3.63, 3.8) is 0 Å². The van der Waals surface area contributed by atoms with Gasteiger partial charge in [-0.05, 0) is 37.9 Å². The third kappa shape index (κ3) is 4.67. The summed E-state index contributed by atoms with van der Waals surface area (Å²) in [4.78, 5) is 11.7. The standard InChI is InChI=1S/C16H26N2O/c1-12-7-8-14(13(2)10-12)16(3,4)11-18-15(19)6-5-9-17/h7-8,10H,5-6,9,11,17H2,1-4H3,(H,18,19). The van der Waals surface area contributed by atoms with Crippen LogP contribution in [0.4, 0.5) is 0 Å². The van der Waals surface area contributed by atoms with Gasteiger partial charge in [0.05, 0.1) is 0 Å². The van der Waals surface area contributed by atoms with Gasteiger partial charge in [0.2, 0.25) is 5.91 Å². The summed E-state index contributed by atoms with van der Waals surface area (Å²) in [6.45, 7) is 9.76. The normalized spacial score (nSPS) is 11.4. The molecule has 0 aliphatic heterocycles. The van der Waals surface area contributed by atoms with Gasteiger partial charge in [-0.25, -0.2) is 0 Å². The Bertz CT molecular complexity index is 438.